The fraction of sp³-hybridized carbons (Fsp3) is 0.400. The van der Waals surface area contributed by atoms with E-state index in [1.165, 1.54) is 11.1 Å². The zero-order chi connectivity index (χ0) is 12.9. The fourth-order valence-corrected chi connectivity index (χ4v) is 3.57. The Morgan fingerprint density at radius 2 is 2.28 bits per heavy atom. The lowest BCUT2D eigenvalue weighted by molar-refractivity contribution is 0.409. The van der Waals surface area contributed by atoms with Gasteiger partial charge in [-0.25, -0.2) is 0 Å². The van der Waals surface area contributed by atoms with Crippen molar-refractivity contribution < 1.29 is 0 Å². The predicted molar refractivity (Wildman–Crippen MR) is 72.3 cm³/mol. The molecule has 0 saturated carbocycles. The number of H-pyrrole nitrogens is 1. The van der Waals surface area contributed by atoms with Gasteiger partial charge in [-0.15, -0.1) is 0 Å². The van der Waals surface area contributed by atoms with Crippen LogP contribution in [0.4, 0.5) is 0 Å². The van der Waals surface area contributed by atoms with Gasteiger partial charge in [0.05, 0.1) is 5.54 Å². The number of rotatable bonds is 0. The van der Waals surface area contributed by atoms with Gasteiger partial charge in [0.1, 0.15) is 0 Å². The van der Waals surface area contributed by atoms with Gasteiger partial charge in [-0.2, -0.15) is 0 Å². The SMILES string of the molecule is C/C=C1\C2C=C(C)C[C@]1(N)c1ccc(=O)[nH]c1C2. The molecule has 1 aromatic heterocycles. The maximum atomic E-state index is 11.5. The van der Waals surface area contributed by atoms with Crippen molar-refractivity contribution in [2.45, 2.75) is 32.2 Å². The molecule has 0 radical (unpaired) electrons. The molecule has 2 bridgehead atoms. The highest BCUT2D eigenvalue weighted by molar-refractivity contribution is 5.48. The Morgan fingerprint density at radius 1 is 1.50 bits per heavy atom. The molecule has 3 N–H and O–H groups in total. The summed E-state index contributed by atoms with van der Waals surface area (Å²) in [6.07, 6.45) is 6.11. The number of nitrogens with one attached hydrogen (secondary N) is 1. The minimum atomic E-state index is -0.434. The number of aromatic amines is 1. The first-order valence-corrected chi connectivity index (χ1v) is 6.40. The average Bonchev–Trinajstić information content (AvgIpc) is 2.26. The van der Waals surface area contributed by atoms with Gasteiger partial charge in [0, 0.05) is 17.7 Å². The largest absolute Gasteiger partial charge is 0.326 e. The zero-order valence-electron chi connectivity index (χ0n) is 10.8. The minimum absolute atomic E-state index is 0.0416. The van der Waals surface area contributed by atoms with Crippen molar-refractivity contribution in [2.24, 2.45) is 11.7 Å². The maximum Gasteiger partial charge on any atom is 0.248 e. The van der Waals surface area contributed by atoms with Gasteiger partial charge in [-0.05, 0) is 43.9 Å². The second-order valence-corrected chi connectivity index (χ2v) is 5.43. The van der Waals surface area contributed by atoms with Crippen LogP contribution in [0.2, 0.25) is 0 Å². The summed E-state index contributed by atoms with van der Waals surface area (Å²) in [5, 5.41) is 0. The van der Waals surface area contributed by atoms with Gasteiger partial charge in [0.2, 0.25) is 5.56 Å². The number of fused-ring (bicyclic) bond motifs is 4. The summed E-state index contributed by atoms with van der Waals surface area (Å²) in [6, 6.07) is 3.47. The van der Waals surface area contributed by atoms with Crippen LogP contribution < -0.4 is 11.3 Å². The molecular formula is C15H18N2O. The lowest BCUT2D eigenvalue weighted by Gasteiger charge is -2.45. The Balaban J connectivity index is 2.28. The number of pyridine rings is 1. The number of aromatic nitrogens is 1. The van der Waals surface area contributed by atoms with Crippen molar-refractivity contribution in [2.75, 3.05) is 0 Å². The van der Waals surface area contributed by atoms with Gasteiger partial charge in [-0.3, -0.25) is 4.79 Å². The van der Waals surface area contributed by atoms with Crippen molar-refractivity contribution in [1.29, 1.82) is 0 Å². The maximum absolute atomic E-state index is 11.5. The van der Waals surface area contributed by atoms with Crippen LogP contribution in [-0.2, 0) is 12.0 Å². The molecule has 2 aliphatic carbocycles. The van der Waals surface area contributed by atoms with E-state index in [0.717, 1.165) is 24.1 Å². The Labute approximate surface area is 106 Å². The second-order valence-electron chi connectivity index (χ2n) is 5.43. The summed E-state index contributed by atoms with van der Waals surface area (Å²) < 4.78 is 0. The number of allylic oxidation sites excluding steroid dienone is 2. The predicted octanol–water partition coefficient (Wildman–Crippen LogP) is 2.00. The van der Waals surface area contributed by atoms with E-state index in [4.69, 9.17) is 5.73 Å². The van der Waals surface area contributed by atoms with Crippen molar-refractivity contribution >= 4 is 0 Å². The molecular weight excluding hydrogens is 224 g/mol. The second kappa shape index (κ2) is 3.69. The first-order valence-electron chi connectivity index (χ1n) is 6.40. The monoisotopic (exact) mass is 242 g/mol. The van der Waals surface area contributed by atoms with Crippen LogP contribution in [0.1, 0.15) is 31.5 Å². The molecule has 0 fully saturated rings. The molecule has 18 heavy (non-hydrogen) atoms. The topological polar surface area (TPSA) is 58.9 Å². The molecule has 0 aromatic carbocycles. The van der Waals surface area contributed by atoms with Crippen molar-refractivity contribution in [1.82, 2.24) is 4.98 Å². The average molecular weight is 242 g/mol. The van der Waals surface area contributed by atoms with E-state index < -0.39 is 5.54 Å². The third-order valence-electron chi connectivity index (χ3n) is 4.17. The van der Waals surface area contributed by atoms with Crippen LogP contribution >= 0.6 is 0 Å². The molecule has 3 heteroatoms. The van der Waals surface area contributed by atoms with Gasteiger partial charge in [0.25, 0.3) is 0 Å². The van der Waals surface area contributed by atoms with E-state index in [0.29, 0.717) is 5.92 Å². The number of hydrogen-bond donors (Lipinski definition) is 2. The standard InChI is InChI=1S/C15H18N2O/c1-3-11-10-6-9(2)8-15(11,16)12-4-5-14(18)17-13(12)7-10/h3-6,10H,7-8,16H2,1-2H3,(H,17,18)/b11-3+/t10?,15-/m1/s1. The first-order chi connectivity index (χ1) is 8.54. The third-order valence-corrected chi connectivity index (χ3v) is 4.17. The molecule has 0 saturated heterocycles. The summed E-state index contributed by atoms with van der Waals surface area (Å²) in [5.74, 6) is 0.333. The molecule has 94 valence electrons. The summed E-state index contributed by atoms with van der Waals surface area (Å²) >= 11 is 0. The van der Waals surface area contributed by atoms with Crippen molar-refractivity contribution in [3.05, 3.63) is 57.0 Å². The normalized spacial score (nSPS) is 32.1. The zero-order valence-corrected chi connectivity index (χ0v) is 10.8. The quantitative estimate of drug-likeness (QED) is 0.684. The summed E-state index contributed by atoms with van der Waals surface area (Å²) in [7, 11) is 0. The minimum Gasteiger partial charge on any atom is -0.326 e. The van der Waals surface area contributed by atoms with Gasteiger partial charge >= 0.3 is 0 Å². The molecule has 0 aliphatic heterocycles. The molecule has 2 atom stereocenters. The van der Waals surface area contributed by atoms with E-state index in [1.54, 1.807) is 6.07 Å². The van der Waals surface area contributed by atoms with Crippen LogP contribution in [0.3, 0.4) is 0 Å². The highest BCUT2D eigenvalue weighted by Crippen LogP contribution is 2.47. The van der Waals surface area contributed by atoms with Crippen molar-refractivity contribution in [3.8, 4) is 0 Å². The number of nitrogens with two attached hydrogens (primary N) is 1. The Hall–Kier alpha value is -1.61. The summed E-state index contributed by atoms with van der Waals surface area (Å²) in [4.78, 5) is 14.4. The Morgan fingerprint density at radius 3 is 3.00 bits per heavy atom. The van der Waals surface area contributed by atoms with E-state index in [-0.39, 0.29) is 5.56 Å². The molecule has 1 heterocycles. The highest BCUT2D eigenvalue weighted by Gasteiger charge is 2.43. The fourth-order valence-electron chi connectivity index (χ4n) is 3.57. The Kier molecular flexibility index (Phi) is 2.35. The van der Waals surface area contributed by atoms with Crippen LogP contribution in [0.25, 0.3) is 0 Å². The molecule has 1 aromatic rings. The molecule has 2 aliphatic rings. The van der Waals surface area contributed by atoms with Gasteiger partial charge in [0.15, 0.2) is 0 Å². The van der Waals surface area contributed by atoms with E-state index in [1.807, 2.05) is 6.07 Å². The third kappa shape index (κ3) is 1.44. The van der Waals surface area contributed by atoms with Gasteiger partial charge in [-0.1, -0.05) is 17.7 Å². The lowest BCUT2D eigenvalue weighted by Crippen LogP contribution is -2.48. The molecule has 3 rings (SSSR count). The molecule has 0 spiro atoms. The van der Waals surface area contributed by atoms with Gasteiger partial charge < -0.3 is 10.7 Å². The van der Waals surface area contributed by atoms with Crippen LogP contribution in [0.15, 0.2) is 40.2 Å². The van der Waals surface area contributed by atoms with Crippen LogP contribution in [0.5, 0.6) is 0 Å². The molecule has 0 amide bonds. The number of hydrogen-bond acceptors (Lipinski definition) is 2. The van der Waals surface area contributed by atoms with Crippen LogP contribution in [0, 0.1) is 5.92 Å². The smallest absolute Gasteiger partial charge is 0.248 e. The molecule has 3 nitrogen and oxygen atoms in total. The molecule has 1 unspecified atom stereocenters. The van der Waals surface area contributed by atoms with E-state index in [2.05, 4.69) is 31.0 Å². The Bertz CT molecular complexity index is 624. The van der Waals surface area contributed by atoms with E-state index in [9.17, 15) is 4.79 Å². The first kappa shape index (κ1) is 11.5. The summed E-state index contributed by atoms with van der Waals surface area (Å²) in [5.41, 5.74) is 10.9. The van der Waals surface area contributed by atoms with Crippen LogP contribution in [-0.4, -0.2) is 4.98 Å². The van der Waals surface area contributed by atoms with Crippen molar-refractivity contribution in [3.63, 3.8) is 0 Å². The van der Waals surface area contributed by atoms with E-state index >= 15 is 0 Å². The highest BCUT2D eigenvalue weighted by atomic mass is 16.1. The lowest BCUT2D eigenvalue weighted by atomic mass is 9.63. The summed E-state index contributed by atoms with van der Waals surface area (Å²) in [6.45, 7) is 4.19.